The number of carbonyl (C=O) groups is 1. The number of hydrogen-bond donors (Lipinski definition) is 2. The number of aromatic nitrogens is 1. The minimum Gasteiger partial charge on any atom is -0.478 e. The quantitative estimate of drug-likeness (QED) is 0.830. The highest BCUT2D eigenvalue weighted by molar-refractivity contribution is 5.94. The van der Waals surface area contributed by atoms with Gasteiger partial charge in [-0.1, -0.05) is 0 Å². The Bertz CT molecular complexity index is 627. The van der Waals surface area contributed by atoms with Crippen molar-refractivity contribution in [1.29, 1.82) is 0 Å². The number of benzene rings is 1. The molecule has 0 saturated carbocycles. The molecule has 6 heteroatoms. The number of pyridine rings is 1. The van der Waals surface area contributed by atoms with Gasteiger partial charge < -0.3 is 15.6 Å². The Labute approximate surface area is 108 Å². The van der Waals surface area contributed by atoms with Crippen LogP contribution in [0, 0.1) is 12.7 Å². The number of nitrogens with two attached hydrogens (primary N) is 1. The molecule has 0 spiro atoms. The summed E-state index contributed by atoms with van der Waals surface area (Å²) in [7, 11) is 0. The van der Waals surface area contributed by atoms with Gasteiger partial charge in [0.1, 0.15) is 5.75 Å². The van der Waals surface area contributed by atoms with E-state index in [9.17, 15) is 9.18 Å². The molecule has 0 radical (unpaired) electrons. The standard InChI is InChI=1S/C13H11FN2O3/c1-7-2-3-8(6-16-7)19-12-4-9(13(17)18)11(15)5-10(12)14/h2-6H,15H2,1H3,(H,17,18). The maximum atomic E-state index is 13.6. The van der Waals surface area contributed by atoms with Crippen LogP contribution in [0.25, 0.3) is 0 Å². The van der Waals surface area contributed by atoms with Crippen molar-refractivity contribution in [1.82, 2.24) is 4.98 Å². The van der Waals surface area contributed by atoms with Crippen LogP contribution in [0.4, 0.5) is 10.1 Å². The van der Waals surface area contributed by atoms with Gasteiger partial charge in [-0.3, -0.25) is 4.98 Å². The molecular weight excluding hydrogens is 251 g/mol. The monoisotopic (exact) mass is 262 g/mol. The number of nitrogens with zero attached hydrogens (tertiary/aromatic N) is 1. The van der Waals surface area contributed by atoms with Gasteiger partial charge in [-0.15, -0.1) is 0 Å². The molecule has 5 nitrogen and oxygen atoms in total. The van der Waals surface area contributed by atoms with E-state index in [1.807, 2.05) is 0 Å². The number of nitrogen functional groups attached to an aromatic ring is 1. The predicted octanol–water partition coefficient (Wildman–Crippen LogP) is 2.60. The summed E-state index contributed by atoms with van der Waals surface area (Å²) in [5.41, 5.74) is 5.84. The van der Waals surface area contributed by atoms with E-state index in [-0.39, 0.29) is 17.0 Å². The summed E-state index contributed by atoms with van der Waals surface area (Å²) in [4.78, 5) is 14.9. The van der Waals surface area contributed by atoms with E-state index < -0.39 is 11.8 Å². The van der Waals surface area contributed by atoms with E-state index in [0.717, 1.165) is 17.8 Å². The van der Waals surface area contributed by atoms with Gasteiger partial charge in [0, 0.05) is 23.5 Å². The fraction of sp³-hybridized carbons (Fsp3) is 0.0769. The maximum absolute atomic E-state index is 13.6. The van der Waals surface area contributed by atoms with E-state index in [4.69, 9.17) is 15.6 Å². The first kappa shape index (κ1) is 12.8. The minimum atomic E-state index is -1.25. The molecule has 19 heavy (non-hydrogen) atoms. The number of aryl methyl sites for hydroxylation is 1. The van der Waals surface area contributed by atoms with E-state index in [1.54, 1.807) is 19.1 Å². The van der Waals surface area contributed by atoms with Gasteiger partial charge >= 0.3 is 5.97 Å². The third-order valence-corrected chi connectivity index (χ3v) is 2.45. The third-order valence-electron chi connectivity index (χ3n) is 2.45. The van der Waals surface area contributed by atoms with Crippen LogP contribution < -0.4 is 10.5 Å². The third kappa shape index (κ3) is 2.79. The zero-order valence-electron chi connectivity index (χ0n) is 10.1. The van der Waals surface area contributed by atoms with Gasteiger partial charge in [0.25, 0.3) is 0 Å². The molecule has 0 fully saturated rings. The second kappa shape index (κ2) is 4.93. The highest BCUT2D eigenvalue weighted by Crippen LogP contribution is 2.28. The molecule has 0 aliphatic carbocycles. The molecule has 0 bridgehead atoms. The topological polar surface area (TPSA) is 85.4 Å². The van der Waals surface area contributed by atoms with Crippen molar-refractivity contribution in [2.24, 2.45) is 0 Å². The van der Waals surface area contributed by atoms with E-state index in [2.05, 4.69) is 4.98 Å². The lowest BCUT2D eigenvalue weighted by Crippen LogP contribution is -2.04. The normalized spacial score (nSPS) is 10.2. The van der Waals surface area contributed by atoms with Gasteiger partial charge in [-0.2, -0.15) is 0 Å². The van der Waals surface area contributed by atoms with Crippen LogP contribution in [0.3, 0.4) is 0 Å². The number of aromatic carboxylic acids is 1. The lowest BCUT2D eigenvalue weighted by Gasteiger charge is -2.09. The fourth-order valence-electron chi connectivity index (χ4n) is 1.47. The average molecular weight is 262 g/mol. The zero-order chi connectivity index (χ0) is 14.0. The van der Waals surface area contributed by atoms with Gasteiger partial charge in [0.15, 0.2) is 11.6 Å². The molecule has 1 heterocycles. The summed E-state index contributed by atoms with van der Waals surface area (Å²) in [6, 6.07) is 5.27. The summed E-state index contributed by atoms with van der Waals surface area (Å²) in [5, 5.41) is 8.91. The molecule has 3 N–H and O–H groups in total. The van der Waals surface area contributed by atoms with Crippen molar-refractivity contribution < 1.29 is 19.0 Å². The maximum Gasteiger partial charge on any atom is 0.337 e. The first-order chi connectivity index (χ1) is 8.97. The van der Waals surface area contributed by atoms with Gasteiger partial charge in [-0.25, -0.2) is 9.18 Å². The molecule has 98 valence electrons. The summed E-state index contributed by atoms with van der Waals surface area (Å²) in [6.07, 6.45) is 1.42. The Balaban J connectivity index is 2.37. The second-order valence-electron chi connectivity index (χ2n) is 3.91. The molecule has 0 aliphatic heterocycles. The second-order valence-corrected chi connectivity index (χ2v) is 3.91. The Morgan fingerprint density at radius 2 is 2.16 bits per heavy atom. The van der Waals surface area contributed by atoms with Crippen LogP contribution in [-0.2, 0) is 0 Å². The molecule has 0 saturated heterocycles. The smallest absolute Gasteiger partial charge is 0.337 e. The van der Waals surface area contributed by atoms with E-state index in [1.165, 1.54) is 6.20 Å². The zero-order valence-corrected chi connectivity index (χ0v) is 10.1. The summed E-state index contributed by atoms with van der Waals surface area (Å²) < 4.78 is 18.9. The lowest BCUT2D eigenvalue weighted by atomic mass is 10.1. The average Bonchev–Trinajstić information content (AvgIpc) is 2.34. The Hall–Kier alpha value is -2.63. The number of hydrogen-bond acceptors (Lipinski definition) is 4. The fourth-order valence-corrected chi connectivity index (χ4v) is 1.47. The molecule has 0 unspecified atom stereocenters. The molecule has 2 aromatic rings. The number of ether oxygens (including phenoxy) is 1. The highest BCUT2D eigenvalue weighted by atomic mass is 19.1. The van der Waals surface area contributed by atoms with Crippen molar-refractivity contribution in [3.8, 4) is 11.5 Å². The number of rotatable bonds is 3. The van der Waals surface area contributed by atoms with Crippen LogP contribution in [0.1, 0.15) is 16.1 Å². The van der Waals surface area contributed by atoms with Crippen molar-refractivity contribution in [2.75, 3.05) is 5.73 Å². The molecular formula is C13H11FN2O3. The molecule has 0 aliphatic rings. The Morgan fingerprint density at radius 3 is 2.74 bits per heavy atom. The summed E-state index contributed by atoms with van der Waals surface area (Å²) in [6.45, 7) is 1.80. The van der Waals surface area contributed by atoms with Gasteiger partial charge in [-0.05, 0) is 19.1 Å². The van der Waals surface area contributed by atoms with Crippen molar-refractivity contribution in [2.45, 2.75) is 6.92 Å². The largest absolute Gasteiger partial charge is 0.478 e. The number of carboxylic acid groups (broad SMARTS) is 1. The van der Waals surface area contributed by atoms with Gasteiger partial charge in [0.05, 0.1) is 11.8 Å². The van der Waals surface area contributed by atoms with Crippen molar-refractivity contribution >= 4 is 11.7 Å². The Kier molecular flexibility index (Phi) is 3.33. The van der Waals surface area contributed by atoms with Gasteiger partial charge in [0.2, 0.25) is 0 Å². The lowest BCUT2D eigenvalue weighted by molar-refractivity contribution is 0.0697. The molecule has 2 rings (SSSR count). The summed E-state index contributed by atoms with van der Waals surface area (Å²) in [5.74, 6) is -1.88. The summed E-state index contributed by atoms with van der Waals surface area (Å²) >= 11 is 0. The van der Waals surface area contributed by atoms with Crippen molar-refractivity contribution in [3.05, 3.63) is 47.5 Å². The first-order valence-corrected chi connectivity index (χ1v) is 5.40. The number of halogens is 1. The van der Waals surface area contributed by atoms with E-state index >= 15 is 0 Å². The van der Waals surface area contributed by atoms with Crippen LogP contribution in [0.2, 0.25) is 0 Å². The predicted molar refractivity (Wildman–Crippen MR) is 66.8 cm³/mol. The number of carboxylic acids is 1. The SMILES string of the molecule is Cc1ccc(Oc2cc(C(=O)O)c(N)cc2F)cn1. The minimum absolute atomic E-state index is 0.153. The Morgan fingerprint density at radius 1 is 1.42 bits per heavy atom. The van der Waals surface area contributed by atoms with Crippen LogP contribution in [0.15, 0.2) is 30.5 Å². The highest BCUT2D eigenvalue weighted by Gasteiger charge is 2.14. The molecule has 0 atom stereocenters. The van der Waals surface area contributed by atoms with Crippen molar-refractivity contribution in [3.63, 3.8) is 0 Å². The van der Waals surface area contributed by atoms with E-state index in [0.29, 0.717) is 5.75 Å². The molecule has 1 aromatic heterocycles. The van der Waals surface area contributed by atoms with Crippen LogP contribution in [0.5, 0.6) is 11.5 Å². The number of anilines is 1. The first-order valence-electron chi connectivity index (χ1n) is 5.40. The van der Waals surface area contributed by atoms with Crippen LogP contribution in [-0.4, -0.2) is 16.1 Å². The molecule has 1 aromatic carbocycles. The van der Waals surface area contributed by atoms with Crippen LogP contribution >= 0.6 is 0 Å². The molecule has 0 amide bonds.